The molecule has 0 spiro atoms. The summed E-state index contributed by atoms with van der Waals surface area (Å²) in [4.78, 5) is 25.7. The summed E-state index contributed by atoms with van der Waals surface area (Å²) in [7, 11) is 1.74. The van der Waals surface area contributed by atoms with Crippen molar-refractivity contribution in [2.45, 2.75) is 18.9 Å². The van der Waals surface area contributed by atoms with E-state index in [0.717, 1.165) is 4.88 Å². The van der Waals surface area contributed by atoms with Gasteiger partial charge in [0.05, 0.1) is 12.0 Å². The highest BCUT2D eigenvalue weighted by Crippen LogP contribution is 2.37. The van der Waals surface area contributed by atoms with Crippen LogP contribution in [0.25, 0.3) is 0 Å². The molecular weight excluding hydrogens is 224 g/mol. The van der Waals surface area contributed by atoms with Crippen LogP contribution in [-0.4, -0.2) is 23.8 Å². The maximum atomic E-state index is 11.6. The normalized spacial score (nSPS) is 25.8. The highest BCUT2D eigenvalue weighted by molar-refractivity contribution is 7.10. The van der Waals surface area contributed by atoms with Crippen molar-refractivity contribution >= 4 is 23.2 Å². The second kappa shape index (κ2) is 4.25. The SMILES string of the molecule is CN1C(=O)CC[C@H](C(N)=O)[C@H]1c1cccs1. The van der Waals surface area contributed by atoms with E-state index in [0.29, 0.717) is 12.8 Å². The van der Waals surface area contributed by atoms with Crippen molar-refractivity contribution in [1.29, 1.82) is 0 Å². The second-order valence-corrected chi connectivity index (χ2v) is 4.99. The molecule has 2 amide bonds. The van der Waals surface area contributed by atoms with E-state index in [1.54, 1.807) is 23.3 Å². The molecule has 1 aliphatic rings. The average molecular weight is 238 g/mol. The molecule has 0 aliphatic carbocycles. The van der Waals surface area contributed by atoms with Crippen molar-refractivity contribution in [1.82, 2.24) is 4.90 Å². The minimum absolute atomic E-state index is 0.0795. The van der Waals surface area contributed by atoms with Gasteiger partial charge in [0.1, 0.15) is 0 Å². The quantitative estimate of drug-likeness (QED) is 0.839. The number of nitrogens with two attached hydrogens (primary N) is 1. The van der Waals surface area contributed by atoms with Crippen LogP contribution in [0.1, 0.15) is 23.8 Å². The number of piperidine rings is 1. The van der Waals surface area contributed by atoms with E-state index in [1.807, 2.05) is 17.5 Å². The Balaban J connectivity index is 2.34. The summed E-state index contributed by atoms with van der Waals surface area (Å²) < 4.78 is 0. The molecule has 4 nitrogen and oxygen atoms in total. The third kappa shape index (κ3) is 1.82. The summed E-state index contributed by atoms with van der Waals surface area (Å²) in [5.41, 5.74) is 5.40. The highest BCUT2D eigenvalue weighted by atomic mass is 32.1. The molecule has 1 aliphatic heterocycles. The lowest BCUT2D eigenvalue weighted by atomic mass is 9.87. The number of carbonyl (C=O) groups excluding carboxylic acids is 2. The first-order valence-corrected chi connectivity index (χ1v) is 6.07. The Bertz CT molecular complexity index is 402. The van der Waals surface area contributed by atoms with E-state index in [1.165, 1.54) is 0 Å². The molecule has 1 aromatic heterocycles. The molecule has 1 saturated heterocycles. The molecule has 2 N–H and O–H groups in total. The van der Waals surface area contributed by atoms with Crippen LogP contribution in [0, 0.1) is 5.92 Å². The maximum absolute atomic E-state index is 11.6. The molecular formula is C11H14N2O2S. The number of amides is 2. The highest BCUT2D eigenvalue weighted by Gasteiger charge is 2.38. The average Bonchev–Trinajstić information content (AvgIpc) is 2.74. The van der Waals surface area contributed by atoms with Crippen molar-refractivity contribution in [3.8, 4) is 0 Å². The topological polar surface area (TPSA) is 63.4 Å². The molecule has 0 radical (unpaired) electrons. The molecule has 16 heavy (non-hydrogen) atoms. The lowest BCUT2D eigenvalue weighted by molar-refractivity contribution is -0.140. The number of nitrogens with zero attached hydrogens (tertiary/aromatic N) is 1. The molecule has 0 bridgehead atoms. The number of hydrogen-bond acceptors (Lipinski definition) is 3. The Morgan fingerprint density at radius 3 is 2.94 bits per heavy atom. The number of carbonyl (C=O) groups is 2. The van der Waals surface area contributed by atoms with Gasteiger partial charge in [-0.25, -0.2) is 0 Å². The summed E-state index contributed by atoms with van der Waals surface area (Å²) >= 11 is 1.55. The second-order valence-electron chi connectivity index (χ2n) is 4.01. The number of rotatable bonds is 2. The standard InChI is InChI=1S/C11H14N2O2S/c1-13-9(14)5-4-7(11(12)15)10(13)8-3-2-6-16-8/h2-3,6-7,10H,4-5H2,1H3,(H2,12,15)/t7-,10-/m0/s1. The van der Waals surface area contributed by atoms with E-state index in [4.69, 9.17) is 5.73 Å². The van der Waals surface area contributed by atoms with E-state index >= 15 is 0 Å². The van der Waals surface area contributed by atoms with Crippen LogP contribution in [-0.2, 0) is 9.59 Å². The van der Waals surface area contributed by atoms with Crippen LogP contribution < -0.4 is 5.73 Å². The number of primary amides is 1. The first-order chi connectivity index (χ1) is 7.61. The fourth-order valence-electron chi connectivity index (χ4n) is 2.18. The van der Waals surface area contributed by atoms with Gasteiger partial charge in [0, 0.05) is 18.3 Å². The molecule has 2 heterocycles. The zero-order valence-electron chi connectivity index (χ0n) is 9.05. The molecule has 1 fully saturated rings. The van der Waals surface area contributed by atoms with Gasteiger partial charge in [-0.3, -0.25) is 9.59 Å². The van der Waals surface area contributed by atoms with Crippen LogP contribution in [0.3, 0.4) is 0 Å². The third-order valence-corrected chi connectivity index (χ3v) is 4.00. The van der Waals surface area contributed by atoms with E-state index in [2.05, 4.69) is 0 Å². The minimum Gasteiger partial charge on any atom is -0.369 e. The summed E-state index contributed by atoms with van der Waals surface area (Å²) in [6.07, 6.45) is 0.965. The zero-order valence-corrected chi connectivity index (χ0v) is 9.87. The lowest BCUT2D eigenvalue weighted by Gasteiger charge is -2.36. The summed E-state index contributed by atoms with van der Waals surface area (Å²) in [5.74, 6) is -0.505. The molecule has 0 unspecified atom stereocenters. The van der Waals surface area contributed by atoms with Crippen molar-refractivity contribution in [2.75, 3.05) is 7.05 Å². The van der Waals surface area contributed by atoms with Crippen LogP contribution in [0.4, 0.5) is 0 Å². The van der Waals surface area contributed by atoms with Gasteiger partial charge in [-0.1, -0.05) is 6.07 Å². The van der Waals surface area contributed by atoms with Crippen molar-refractivity contribution in [3.63, 3.8) is 0 Å². The molecule has 2 rings (SSSR count). The maximum Gasteiger partial charge on any atom is 0.223 e. The van der Waals surface area contributed by atoms with Crippen LogP contribution in [0.15, 0.2) is 17.5 Å². The van der Waals surface area contributed by atoms with Crippen LogP contribution >= 0.6 is 11.3 Å². The smallest absolute Gasteiger partial charge is 0.223 e. The first-order valence-electron chi connectivity index (χ1n) is 5.19. The van der Waals surface area contributed by atoms with E-state index in [9.17, 15) is 9.59 Å². The van der Waals surface area contributed by atoms with Crippen molar-refractivity contribution in [3.05, 3.63) is 22.4 Å². The van der Waals surface area contributed by atoms with Crippen LogP contribution in [0.2, 0.25) is 0 Å². The summed E-state index contributed by atoms with van der Waals surface area (Å²) in [5, 5.41) is 1.94. The predicted molar refractivity (Wildman–Crippen MR) is 61.7 cm³/mol. The molecule has 0 saturated carbocycles. The molecule has 86 valence electrons. The van der Waals surface area contributed by atoms with Gasteiger partial charge in [0.2, 0.25) is 11.8 Å². The Morgan fingerprint density at radius 1 is 1.62 bits per heavy atom. The zero-order chi connectivity index (χ0) is 11.7. The number of thiophene rings is 1. The van der Waals surface area contributed by atoms with Gasteiger partial charge < -0.3 is 10.6 Å². The van der Waals surface area contributed by atoms with Gasteiger partial charge in [-0.2, -0.15) is 0 Å². The molecule has 1 aromatic rings. The van der Waals surface area contributed by atoms with Crippen LogP contribution in [0.5, 0.6) is 0 Å². The largest absolute Gasteiger partial charge is 0.369 e. The Kier molecular flexibility index (Phi) is 2.96. The monoisotopic (exact) mass is 238 g/mol. The fraction of sp³-hybridized carbons (Fsp3) is 0.455. The van der Waals surface area contributed by atoms with Crippen molar-refractivity contribution in [2.24, 2.45) is 11.7 Å². The molecule has 2 atom stereocenters. The summed E-state index contributed by atoms with van der Waals surface area (Å²) in [6.45, 7) is 0. The summed E-state index contributed by atoms with van der Waals surface area (Å²) in [6, 6.07) is 3.68. The predicted octanol–water partition coefficient (Wildman–Crippen LogP) is 1.14. The van der Waals surface area contributed by atoms with Gasteiger partial charge in [0.15, 0.2) is 0 Å². The van der Waals surface area contributed by atoms with Gasteiger partial charge >= 0.3 is 0 Å². The third-order valence-electron chi connectivity index (χ3n) is 3.06. The lowest BCUT2D eigenvalue weighted by Crippen LogP contribution is -2.44. The Hall–Kier alpha value is -1.36. The van der Waals surface area contributed by atoms with Gasteiger partial charge in [0.25, 0.3) is 0 Å². The van der Waals surface area contributed by atoms with Gasteiger partial charge in [-0.05, 0) is 17.9 Å². The number of likely N-dealkylation sites (tertiary alicyclic amines) is 1. The molecule has 0 aromatic carbocycles. The minimum atomic E-state index is -0.322. The first kappa shape index (κ1) is 11.1. The number of hydrogen-bond donors (Lipinski definition) is 1. The Labute approximate surface area is 98.0 Å². The van der Waals surface area contributed by atoms with Crippen molar-refractivity contribution < 1.29 is 9.59 Å². The molecule has 5 heteroatoms. The fourth-order valence-corrected chi connectivity index (χ4v) is 3.12. The van der Waals surface area contributed by atoms with E-state index in [-0.39, 0.29) is 23.8 Å². The Morgan fingerprint density at radius 2 is 2.38 bits per heavy atom. The van der Waals surface area contributed by atoms with E-state index < -0.39 is 0 Å². The van der Waals surface area contributed by atoms with Gasteiger partial charge in [-0.15, -0.1) is 11.3 Å².